The van der Waals surface area contributed by atoms with Gasteiger partial charge in [-0.05, 0) is 18.2 Å². The predicted molar refractivity (Wildman–Crippen MR) is 74.0 cm³/mol. The number of ether oxygens (including phenoxy) is 1. The fourth-order valence-corrected chi connectivity index (χ4v) is 2.29. The number of nitrogens with one attached hydrogen (secondary N) is 1. The van der Waals surface area contributed by atoms with E-state index < -0.39 is 0 Å². The lowest BCUT2D eigenvalue weighted by Crippen LogP contribution is -2.34. The van der Waals surface area contributed by atoms with Crippen LogP contribution in [-0.2, 0) is 0 Å². The standard InChI is InChI=1S/C14H14N4O3/c19-13-11(3-1-6-15-13)14(20)18-8-5-10(9-18)21-12-4-2-7-16-17-12/h1-4,6-7,10H,5,8-9H2,(H,15,19). The van der Waals surface area contributed by atoms with Gasteiger partial charge in [-0.15, -0.1) is 5.10 Å². The molecule has 1 unspecified atom stereocenters. The molecule has 3 rings (SSSR count). The van der Waals surface area contributed by atoms with E-state index in [1.807, 2.05) is 0 Å². The molecule has 2 aromatic heterocycles. The summed E-state index contributed by atoms with van der Waals surface area (Å²) in [4.78, 5) is 28.0. The summed E-state index contributed by atoms with van der Waals surface area (Å²) >= 11 is 0. The van der Waals surface area contributed by atoms with Crippen LogP contribution in [0.1, 0.15) is 16.8 Å². The van der Waals surface area contributed by atoms with Crippen LogP contribution in [0.2, 0.25) is 0 Å². The molecular formula is C14H14N4O3. The second kappa shape index (κ2) is 5.74. The third kappa shape index (κ3) is 2.91. The molecule has 0 aromatic carbocycles. The van der Waals surface area contributed by atoms with Crippen LogP contribution in [0.3, 0.4) is 0 Å². The first-order valence-electron chi connectivity index (χ1n) is 6.65. The molecule has 0 bridgehead atoms. The Morgan fingerprint density at radius 1 is 1.38 bits per heavy atom. The minimum atomic E-state index is -0.374. The molecule has 1 N–H and O–H groups in total. The van der Waals surface area contributed by atoms with Crippen LogP contribution in [0.15, 0.2) is 41.5 Å². The summed E-state index contributed by atoms with van der Waals surface area (Å²) in [7, 11) is 0. The van der Waals surface area contributed by atoms with Gasteiger partial charge in [0.2, 0.25) is 5.88 Å². The van der Waals surface area contributed by atoms with Gasteiger partial charge in [-0.3, -0.25) is 9.59 Å². The van der Waals surface area contributed by atoms with E-state index in [-0.39, 0.29) is 23.1 Å². The molecule has 1 fully saturated rings. The van der Waals surface area contributed by atoms with E-state index in [1.54, 1.807) is 29.3 Å². The zero-order valence-electron chi connectivity index (χ0n) is 11.2. The molecular weight excluding hydrogens is 272 g/mol. The molecule has 1 saturated heterocycles. The van der Waals surface area contributed by atoms with Gasteiger partial charge in [0.25, 0.3) is 11.5 Å². The largest absolute Gasteiger partial charge is 0.471 e. The van der Waals surface area contributed by atoms with E-state index in [4.69, 9.17) is 4.74 Å². The Morgan fingerprint density at radius 2 is 2.29 bits per heavy atom. The molecule has 1 amide bonds. The van der Waals surface area contributed by atoms with Gasteiger partial charge in [-0.2, -0.15) is 5.10 Å². The Labute approximate surface area is 120 Å². The van der Waals surface area contributed by atoms with Gasteiger partial charge >= 0.3 is 0 Å². The normalized spacial score (nSPS) is 17.7. The molecule has 0 aliphatic carbocycles. The van der Waals surface area contributed by atoms with Crippen molar-refractivity contribution in [2.75, 3.05) is 13.1 Å². The Bertz CT molecular complexity index is 686. The van der Waals surface area contributed by atoms with E-state index in [1.165, 1.54) is 12.3 Å². The van der Waals surface area contributed by atoms with Gasteiger partial charge < -0.3 is 14.6 Å². The number of amides is 1. The number of hydrogen-bond donors (Lipinski definition) is 1. The number of aromatic amines is 1. The van der Waals surface area contributed by atoms with Crippen molar-refractivity contribution in [3.05, 3.63) is 52.6 Å². The molecule has 21 heavy (non-hydrogen) atoms. The van der Waals surface area contributed by atoms with Gasteiger partial charge in [0.1, 0.15) is 11.7 Å². The third-order valence-corrected chi connectivity index (χ3v) is 3.32. The number of rotatable bonds is 3. The van der Waals surface area contributed by atoms with Crippen LogP contribution in [0.5, 0.6) is 5.88 Å². The van der Waals surface area contributed by atoms with Crippen molar-refractivity contribution in [2.24, 2.45) is 0 Å². The fourth-order valence-electron chi connectivity index (χ4n) is 2.29. The van der Waals surface area contributed by atoms with Gasteiger partial charge in [-0.25, -0.2) is 0 Å². The van der Waals surface area contributed by atoms with Gasteiger partial charge in [0.15, 0.2) is 0 Å². The first-order valence-corrected chi connectivity index (χ1v) is 6.65. The van der Waals surface area contributed by atoms with Crippen molar-refractivity contribution in [2.45, 2.75) is 12.5 Å². The Morgan fingerprint density at radius 3 is 3.05 bits per heavy atom. The highest BCUT2D eigenvalue weighted by atomic mass is 16.5. The first kappa shape index (κ1) is 13.3. The molecule has 0 saturated carbocycles. The number of hydrogen-bond acceptors (Lipinski definition) is 5. The van der Waals surface area contributed by atoms with E-state index >= 15 is 0 Å². The Balaban J connectivity index is 1.66. The zero-order chi connectivity index (χ0) is 14.7. The Hall–Kier alpha value is -2.70. The molecule has 7 heteroatoms. The van der Waals surface area contributed by atoms with E-state index in [2.05, 4.69) is 15.2 Å². The molecule has 2 aromatic rings. The maximum Gasteiger partial charge on any atom is 0.260 e. The summed E-state index contributed by atoms with van der Waals surface area (Å²) in [6, 6.07) is 6.62. The molecule has 0 radical (unpaired) electrons. The van der Waals surface area contributed by atoms with Crippen LogP contribution >= 0.6 is 0 Å². The maximum atomic E-state index is 12.3. The van der Waals surface area contributed by atoms with Gasteiger partial charge in [0.05, 0.1) is 6.54 Å². The fraction of sp³-hybridized carbons (Fsp3) is 0.286. The van der Waals surface area contributed by atoms with Crippen LogP contribution in [0.4, 0.5) is 0 Å². The minimum absolute atomic E-state index is 0.131. The number of likely N-dealkylation sites (tertiary alicyclic amines) is 1. The second-order valence-electron chi connectivity index (χ2n) is 4.75. The van der Waals surface area contributed by atoms with Crippen LogP contribution < -0.4 is 10.3 Å². The van der Waals surface area contributed by atoms with Crippen molar-refractivity contribution in [3.8, 4) is 5.88 Å². The number of aromatic nitrogens is 3. The number of carbonyl (C=O) groups excluding carboxylic acids is 1. The molecule has 7 nitrogen and oxygen atoms in total. The van der Waals surface area contributed by atoms with Crippen molar-refractivity contribution in [1.82, 2.24) is 20.1 Å². The van der Waals surface area contributed by atoms with E-state index in [9.17, 15) is 9.59 Å². The molecule has 1 atom stereocenters. The van der Waals surface area contributed by atoms with Gasteiger partial charge in [0, 0.05) is 31.4 Å². The SMILES string of the molecule is O=C(c1ccc[nH]c1=O)N1CCC(Oc2cccnn2)C1. The Kier molecular flexibility index (Phi) is 3.63. The summed E-state index contributed by atoms with van der Waals surface area (Å²) in [5, 5.41) is 7.59. The summed E-state index contributed by atoms with van der Waals surface area (Å²) in [6.07, 6.45) is 3.64. The quantitative estimate of drug-likeness (QED) is 0.885. The molecule has 3 heterocycles. The van der Waals surface area contributed by atoms with E-state index in [0.29, 0.717) is 25.4 Å². The van der Waals surface area contributed by atoms with Crippen molar-refractivity contribution in [1.29, 1.82) is 0 Å². The minimum Gasteiger partial charge on any atom is -0.471 e. The lowest BCUT2D eigenvalue weighted by atomic mass is 10.2. The second-order valence-corrected chi connectivity index (χ2v) is 4.75. The molecule has 1 aliphatic heterocycles. The zero-order valence-corrected chi connectivity index (χ0v) is 11.2. The van der Waals surface area contributed by atoms with Crippen LogP contribution in [0.25, 0.3) is 0 Å². The summed E-state index contributed by atoms with van der Waals surface area (Å²) in [6.45, 7) is 0.988. The topological polar surface area (TPSA) is 88.2 Å². The highest BCUT2D eigenvalue weighted by Crippen LogP contribution is 2.17. The summed E-state index contributed by atoms with van der Waals surface area (Å²) < 4.78 is 5.67. The lowest BCUT2D eigenvalue weighted by molar-refractivity contribution is 0.0769. The summed E-state index contributed by atoms with van der Waals surface area (Å²) in [5.74, 6) is 0.163. The monoisotopic (exact) mass is 286 g/mol. The average Bonchev–Trinajstić information content (AvgIpc) is 2.97. The first-order chi connectivity index (χ1) is 10.2. The number of pyridine rings is 1. The number of H-pyrrole nitrogens is 1. The van der Waals surface area contributed by atoms with E-state index in [0.717, 1.165) is 0 Å². The smallest absolute Gasteiger partial charge is 0.260 e. The number of carbonyl (C=O) groups is 1. The molecule has 108 valence electrons. The number of nitrogens with zero attached hydrogens (tertiary/aromatic N) is 3. The van der Waals surface area contributed by atoms with Gasteiger partial charge in [-0.1, -0.05) is 0 Å². The van der Waals surface area contributed by atoms with Crippen molar-refractivity contribution < 1.29 is 9.53 Å². The molecule has 0 spiro atoms. The van der Waals surface area contributed by atoms with Crippen LogP contribution in [-0.4, -0.2) is 45.2 Å². The highest BCUT2D eigenvalue weighted by Gasteiger charge is 2.29. The van der Waals surface area contributed by atoms with Crippen LogP contribution in [0, 0.1) is 0 Å². The third-order valence-electron chi connectivity index (χ3n) is 3.32. The molecule has 1 aliphatic rings. The maximum absolute atomic E-state index is 12.3. The predicted octanol–water partition coefficient (Wildman–Crippen LogP) is 0.458. The van der Waals surface area contributed by atoms with Crippen molar-refractivity contribution >= 4 is 5.91 Å². The van der Waals surface area contributed by atoms with Crippen molar-refractivity contribution in [3.63, 3.8) is 0 Å². The summed E-state index contributed by atoms with van der Waals surface area (Å²) in [5.41, 5.74) is -0.224. The highest BCUT2D eigenvalue weighted by molar-refractivity contribution is 5.94. The lowest BCUT2D eigenvalue weighted by Gasteiger charge is -2.16. The average molecular weight is 286 g/mol.